The molecule has 1 aliphatic heterocycles. The molecular formula is C22H31ClF5N3O4S. The van der Waals surface area contributed by atoms with Crippen LogP contribution in [0.3, 0.4) is 0 Å². The molecule has 1 aliphatic carbocycles. The Labute approximate surface area is 213 Å². The van der Waals surface area contributed by atoms with Gasteiger partial charge in [-0.2, -0.15) is 13.1 Å². The van der Waals surface area contributed by atoms with Gasteiger partial charge in [-0.1, -0.05) is 13.0 Å². The van der Waals surface area contributed by atoms with Crippen molar-refractivity contribution in [3.8, 4) is 5.75 Å². The summed E-state index contributed by atoms with van der Waals surface area (Å²) >= 11 is 0. The molecule has 0 unspecified atom stereocenters. The first-order valence-corrected chi connectivity index (χ1v) is 13.1. The second-order valence-corrected chi connectivity index (χ2v) is 11.0. The number of carbonyl (C=O) groups excluding carboxylic acids is 1. The summed E-state index contributed by atoms with van der Waals surface area (Å²) in [5.41, 5.74) is -1.60. The first-order valence-electron chi connectivity index (χ1n) is 11.5. The van der Waals surface area contributed by atoms with Crippen molar-refractivity contribution >= 4 is 28.3 Å². The van der Waals surface area contributed by atoms with Gasteiger partial charge in [-0.25, -0.2) is 21.6 Å². The SMILES string of the molecule is CCCS(=O)(=O)N1CCN(C2(CNC(=O)c3c(F)cccc3OC(F)F)CCC(F)(F)CC2)CC1.Cl. The van der Waals surface area contributed by atoms with Gasteiger partial charge in [0, 0.05) is 51.1 Å². The van der Waals surface area contributed by atoms with Crippen LogP contribution in [-0.4, -0.2) is 80.1 Å². The predicted octanol–water partition coefficient (Wildman–Crippen LogP) is 3.88. The Bertz CT molecular complexity index is 997. The molecule has 1 saturated carbocycles. The highest BCUT2D eigenvalue weighted by molar-refractivity contribution is 7.89. The molecule has 2 fully saturated rings. The van der Waals surface area contributed by atoms with E-state index < -0.39 is 64.0 Å². The minimum absolute atomic E-state index is 0. The summed E-state index contributed by atoms with van der Waals surface area (Å²) in [7, 11) is -3.41. The van der Waals surface area contributed by atoms with Crippen LogP contribution in [0.1, 0.15) is 49.4 Å². The van der Waals surface area contributed by atoms with E-state index in [1.165, 1.54) is 4.31 Å². The quantitative estimate of drug-likeness (QED) is 0.461. The van der Waals surface area contributed by atoms with E-state index in [0.717, 1.165) is 18.2 Å². The third kappa shape index (κ3) is 7.20. The summed E-state index contributed by atoms with van der Waals surface area (Å²) in [6, 6.07) is 3.10. The standard InChI is InChI=1S/C22H30F5N3O4S.ClH/c1-2-14-35(32,33)30-12-10-29(11-13-30)21(6-8-22(26,27)9-7-21)15-28-19(31)18-16(23)4-3-5-17(18)34-20(24)25;/h3-5,20H,2,6-15H2,1H3,(H,28,31);1H. The molecule has 0 spiro atoms. The van der Waals surface area contributed by atoms with Gasteiger partial charge in [-0.05, 0) is 31.4 Å². The molecule has 0 radical (unpaired) electrons. The molecule has 3 rings (SSSR count). The first-order chi connectivity index (χ1) is 16.4. The number of nitrogens with one attached hydrogen (secondary N) is 1. The van der Waals surface area contributed by atoms with E-state index in [-0.39, 0.29) is 63.7 Å². The fraction of sp³-hybridized carbons (Fsp3) is 0.682. The van der Waals surface area contributed by atoms with E-state index in [2.05, 4.69) is 10.1 Å². The van der Waals surface area contributed by atoms with Crippen LogP contribution in [-0.2, 0) is 10.0 Å². The highest BCUT2D eigenvalue weighted by atomic mass is 35.5. The number of amides is 1. The minimum Gasteiger partial charge on any atom is -0.434 e. The zero-order valence-corrected chi connectivity index (χ0v) is 21.5. The summed E-state index contributed by atoms with van der Waals surface area (Å²) in [5, 5.41) is 2.53. The molecule has 1 aromatic carbocycles. The molecule has 0 bridgehead atoms. The van der Waals surface area contributed by atoms with Gasteiger partial charge in [-0.15, -0.1) is 12.4 Å². The summed E-state index contributed by atoms with van der Waals surface area (Å²) < 4.78 is 98.1. The van der Waals surface area contributed by atoms with Crippen molar-refractivity contribution in [2.45, 2.75) is 57.1 Å². The number of alkyl halides is 4. The van der Waals surface area contributed by atoms with E-state index in [4.69, 9.17) is 0 Å². The van der Waals surface area contributed by atoms with Crippen LogP contribution < -0.4 is 10.1 Å². The largest absolute Gasteiger partial charge is 0.434 e. The molecular weight excluding hydrogens is 533 g/mol. The fourth-order valence-electron chi connectivity index (χ4n) is 4.77. The molecule has 0 aromatic heterocycles. The van der Waals surface area contributed by atoms with Crippen molar-refractivity contribution in [3.63, 3.8) is 0 Å². The van der Waals surface area contributed by atoms with Gasteiger partial charge in [-0.3, -0.25) is 9.69 Å². The van der Waals surface area contributed by atoms with Crippen LogP contribution in [0.4, 0.5) is 22.0 Å². The lowest BCUT2D eigenvalue weighted by molar-refractivity contribution is -0.0856. The van der Waals surface area contributed by atoms with E-state index in [0.29, 0.717) is 6.42 Å². The third-order valence-electron chi connectivity index (χ3n) is 6.67. The van der Waals surface area contributed by atoms with Crippen molar-refractivity contribution in [1.29, 1.82) is 0 Å². The minimum atomic E-state index is -3.41. The topological polar surface area (TPSA) is 79.0 Å². The second-order valence-electron chi connectivity index (χ2n) is 8.96. The lowest BCUT2D eigenvalue weighted by Gasteiger charge is -2.50. The Morgan fingerprint density at radius 3 is 2.28 bits per heavy atom. The van der Waals surface area contributed by atoms with Crippen molar-refractivity contribution in [2.24, 2.45) is 0 Å². The van der Waals surface area contributed by atoms with Gasteiger partial charge in [0.25, 0.3) is 5.91 Å². The highest BCUT2D eigenvalue weighted by Gasteiger charge is 2.47. The highest BCUT2D eigenvalue weighted by Crippen LogP contribution is 2.42. The van der Waals surface area contributed by atoms with Crippen molar-refractivity contribution < 1.29 is 39.9 Å². The molecule has 14 heteroatoms. The van der Waals surface area contributed by atoms with Crippen LogP contribution in [0.25, 0.3) is 0 Å². The Morgan fingerprint density at radius 2 is 1.72 bits per heavy atom. The van der Waals surface area contributed by atoms with Gasteiger partial charge in [0.15, 0.2) is 0 Å². The molecule has 2 aliphatic rings. The molecule has 1 N–H and O–H groups in total. The summed E-state index contributed by atoms with van der Waals surface area (Å²) in [6.45, 7) is -0.696. The number of carbonyl (C=O) groups is 1. The van der Waals surface area contributed by atoms with Crippen LogP contribution in [0.5, 0.6) is 5.75 Å². The molecule has 0 atom stereocenters. The fourth-order valence-corrected chi connectivity index (χ4v) is 6.26. The predicted molar refractivity (Wildman–Crippen MR) is 126 cm³/mol. The average Bonchev–Trinajstić information content (AvgIpc) is 2.78. The zero-order valence-electron chi connectivity index (χ0n) is 19.8. The number of sulfonamides is 1. The second kappa shape index (κ2) is 12.2. The average molecular weight is 564 g/mol. The molecule has 1 aromatic rings. The third-order valence-corrected chi connectivity index (χ3v) is 8.75. The van der Waals surface area contributed by atoms with Crippen molar-refractivity contribution in [3.05, 3.63) is 29.6 Å². The smallest absolute Gasteiger partial charge is 0.387 e. The number of hydrogen-bond donors (Lipinski definition) is 1. The van der Waals surface area contributed by atoms with E-state index >= 15 is 0 Å². The lowest BCUT2D eigenvalue weighted by atomic mass is 9.78. The summed E-state index contributed by atoms with van der Waals surface area (Å²) in [6.07, 6.45) is -0.312. The van der Waals surface area contributed by atoms with Gasteiger partial charge in [0.2, 0.25) is 15.9 Å². The van der Waals surface area contributed by atoms with E-state index in [1.807, 2.05) is 4.90 Å². The number of piperazine rings is 1. The monoisotopic (exact) mass is 563 g/mol. The van der Waals surface area contributed by atoms with Gasteiger partial charge in [0.1, 0.15) is 17.1 Å². The van der Waals surface area contributed by atoms with Gasteiger partial charge >= 0.3 is 6.61 Å². The number of hydrogen-bond acceptors (Lipinski definition) is 5. The maximum atomic E-state index is 14.3. The Balaban J connectivity index is 0.00000456. The number of halogens is 6. The molecule has 1 heterocycles. The van der Waals surface area contributed by atoms with E-state index in [1.54, 1.807) is 6.92 Å². The summed E-state index contributed by atoms with van der Waals surface area (Å²) in [4.78, 5) is 14.7. The molecule has 206 valence electrons. The van der Waals surface area contributed by atoms with Gasteiger partial charge < -0.3 is 10.1 Å². The van der Waals surface area contributed by atoms with E-state index in [9.17, 15) is 35.2 Å². The lowest BCUT2D eigenvalue weighted by Crippen LogP contribution is -2.63. The Hall–Kier alpha value is -1.70. The number of rotatable bonds is 9. The van der Waals surface area contributed by atoms with Crippen LogP contribution in [0, 0.1) is 5.82 Å². The van der Waals surface area contributed by atoms with Crippen LogP contribution >= 0.6 is 12.4 Å². The molecule has 1 amide bonds. The number of benzene rings is 1. The zero-order chi connectivity index (χ0) is 25.9. The maximum absolute atomic E-state index is 14.3. The molecule has 1 saturated heterocycles. The molecule has 7 nitrogen and oxygen atoms in total. The van der Waals surface area contributed by atoms with Gasteiger partial charge in [0.05, 0.1) is 5.75 Å². The van der Waals surface area contributed by atoms with Crippen molar-refractivity contribution in [2.75, 3.05) is 38.5 Å². The van der Waals surface area contributed by atoms with Crippen molar-refractivity contribution in [1.82, 2.24) is 14.5 Å². The Morgan fingerprint density at radius 1 is 1.11 bits per heavy atom. The number of nitrogens with zero attached hydrogens (tertiary/aromatic N) is 2. The molecule has 36 heavy (non-hydrogen) atoms. The normalized spacial score (nSPS) is 20.5. The maximum Gasteiger partial charge on any atom is 0.387 e. The summed E-state index contributed by atoms with van der Waals surface area (Å²) in [5.74, 6) is -5.52. The van der Waals surface area contributed by atoms with Crippen LogP contribution in [0.2, 0.25) is 0 Å². The first kappa shape index (κ1) is 30.5. The number of ether oxygens (including phenoxy) is 1. The van der Waals surface area contributed by atoms with Crippen LogP contribution in [0.15, 0.2) is 18.2 Å². The Kier molecular flexibility index (Phi) is 10.4.